The molecule has 5 rings (SSSR count). The van der Waals surface area contributed by atoms with Crippen LogP contribution in [0.5, 0.6) is 0 Å². The molecule has 3 aromatic rings. The number of benzene rings is 1. The van der Waals surface area contributed by atoms with Gasteiger partial charge in [0, 0.05) is 36.8 Å². The minimum atomic E-state index is -0.334. The zero-order valence-electron chi connectivity index (χ0n) is 16.6. The van der Waals surface area contributed by atoms with E-state index in [1.54, 1.807) is 12.3 Å². The molecule has 0 radical (unpaired) electrons. The molecule has 0 spiro atoms. The lowest BCUT2D eigenvalue weighted by atomic mass is 10.1. The largest absolute Gasteiger partial charge is 0.367 e. The standard InChI is InChI=1S/C23H23FN4O2/c24-17-6-9-22(26-11-17)28-18-7-8-19(28)13-27(12-18)23(29)15-30-14-16-3-1-5-21-20(16)4-2-10-25-21/h1-6,9-11,18-19H,7-8,12-15H2. The van der Waals surface area contributed by atoms with Gasteiger partial charge in [0.15, 0.2) is 0 Å². The van der Waals surface area contributed by atoms with E-state index >= 15 is 0 Å². The first-order valence-electron chi connectivity index (χ1n) is 10.3. The number of amides is 1. The van der Waals surface area contributed by atoms with Crippen LogP contribution in [0.4, 0.5) is 10.2 Å². The zero-order valence-corrected chi connectivity index (χ0v) is 16.6. The first kappa shape index (κ1) is 18.9. The van der Waals surface area contributed by atoms with Crippen LogP contribution in [0.2, 0.25) is 0 Å². The molecule has 2 bridgehead atoms. The molecular weight excluding hydrogens is 383 g/mol. The van der Waals surface area contributed by atoms with Crippen LogP contribution in [0.3, 0.4) is 0 Å². The molecule has 1 amide bonds. The van der Waals surface area contributed by atoms with Crippen LogP contribution < -0.4 is 4.90 Å². The van der Waals surface area contributed by atoms with Gasteiger partial charge in [-0.15, -0.1) is 0 Å². The van der Waals surface area contributed by atoms with Crippen molar-refractivity contribution in [3.8, 4) is 0 Å². The summed E-state index contributed by atoms with van der Waals surface area (Å²) in [6.07, 6.45) is 5.05. The van der Waals surface area contributed by atoms with E-state index in [-0.39, 0.29) is 30.4 Å². The predicted octanol–water partition coefficient (Wildman–Crippen LogP) is 3.17. The molecule has 2 fully saturated rings. The van der Waals surface area contributed by atoms with Gasteiger partial charge < -0.3 is 14.5 Å². The molecule has 4 heterocycles. The number of carbonyl (C=O) groups excluding carboxylic acids is 1. The van der Waals surface area contributed by atoms with Crippen molar-refractivity contribution in [1.82, 2.24) is 14.9 Å². The SMILES string of the molecule is O=C(COCc1cccc2ncccc12)N1CC2CCC(C1)N2c1ccc(F)cn1. The summed E-state index contributed by atoms with van der Waals surface area (Å²) in [5.41, 5.74) is 1.95. The summed E-state index contributed by atoms with van der Waals surface area (Å²) in [6.45, 7) is 1.73. The zero-order chi connectivity index (χ0) is 20.5. The van der Waals surface area contributed by atoms with Gasteiger partial charge in [0.2, 0.25) is 5.91 Å². The third kappa shape index (κ3) is 3.61. The number of hydrogen-bond donors (Lipinski definition) is 0. The van der Waals surface area contributed by atoms with Gasteiger partial charge in [-0.3, -0.25) is 9.78 Å². The number of nitrogens with zero attached hydrogens (tertiary/aromatic N) is 4. The number of halogens is 1. The maximum absolute atomic E-state index is 13.2. The van der Waals surface area contributed by atoms with E-state index in [0.29, 0.717) is 19.7 Å². The molecule has 0 saturated carbocycles. The number of fused-ring (bicyclic) bond motifs is 3. The lowest BCUT2D eigenvalue weighted by Gasteiger charge is -2.41. The fraction of sp³-hybridized carbons (Fsp3) is 0.348. The van der Waals surface area contributed by atoms with Crippen LogP contribution in [-0.2, 0) is 16.1 Å². The van der Waals surface area contributed by atoms with Gasteiger partial charge in [0.1, 0.15) is 18.2 Å². The van der Waals surface area contributed by atoms with Gasteiger partial charge in [-0.05, 0) is 42.7 Å². The Hall–Kier alpha value is -3.06. The molecule has 2 unspecified atom stereocenters. The highest BCUT2D eigenvalue weighted by Gasteiger charge is 2.41. The van der Waals surface area contributed by atoms with E-state index in [1.165, 1.54) is 12.3 Å². The topological polar surface area (TPSA) is 58.6 Å². The Bertz CT molecular complexity index is 1040. The number of carbonyl (C=O) groups is 1. The summed E-state index contributed by atoms with van der Waals surface area (Å²) in [5.74, 6) is 0.466. The Balaban J connectivity index is 1.19. The number of anilines is 1. The van der Waals surface area contributed by atoms with Crippen molar-refractivity contribution in [2.24, 2.45) is 0 Å². The van der Waals surface area contributed by atoms with Crippen molar-refractivity contribution in [2.75, 3.05) is 24.6 Å². The highest BCUT2D eigenvalue weighted by atomic mass is 19.1. The minimum absolute atomic E-state index is 0.0111. The maximum Gasteiger partial charge on any atom is 0.248 e. The number of rotatable bonds is 5. The molecule has 1 aromatic carbocycles. The molecule has 2 atom stereocenters. The Morgan fingerprint density at radius 2 is 1.90 bits per heavy atom. The van der Waals surface area contributed by atoms with Gasteiger partial charge in [-0.2, -0.15) is 0 Å². The molecule has 0 aliphatic carbocycles. The van der Waals surface area contributed by atoms with Crippen LogP contribution in [0.25, 0.3) is 10.9 Å². The Labute approximate surface area is 174 Å². The molecular formula is C23H23FN4O2. The molecule has 7 heteroatoms. The van der Waals surface area contributed by atoms with Gasteiger partial charge in [-0.1, -0.05) is 18.2 Å². The normalized spacial score (nSPS) is 20.7. The number of hydrogen-bond acceptors (Lipinski definition) is 5. The number of likely N-dealkylation sites (tertiary alicyclic amines) is 1. The van der Waals surface area contributed by atoms with Gasteiger partial charge >= 0.3 is 0 Å². The fourth-order valence-electron chi connectivity index (χ4n) is 4.63. The van der Waals surface area contributed by atoms with Crippen molar-refractivity contribution >= 4 is 22.6 Å². The summed E-state index contributed by atoms with van der Waals surface area (Å²) < 4.78 is 19.0. The van der Waals surface area contributed by atoms with Crippen LogP contribution >= 0.6 is 0 Å². The quantitative estimate of drug-likeness (QED) is 0.652. The van der Waals surface area contributed by atoms with Gasteiger partial charge in [0.25, 0.3) is 0 Å². The summed E-state index contributed by atoms with van der Waals surface area (Å²) >= 11 is 0. The molecule has 30 heavy (non-hydrogen) atoms. The number of aromatic nitrogens is 2. The lowest BCUT2D eigenvalue weighted by Crippen LogP contribution is -2.56. The number of ether oxygens (including phenoxy) is 1. The second-order valence-electron chi connectivity index (χ2n) is 7.91. The second kappa shape index (κ2) is 7.99. The predicted molar refractivity (Wildman–Crippen MR) is 111 cm³/mol. The second-order valence-corrected chi connectivity index (χ2v) is 7.91. The molecule has 2 saturated heterocycles. The first-order valence-corrected chi connectivity index (χ1v) is 10.3. The highest BCUT2D eigenvalue weighted by Crippen LogP contribution is 2.33. The van der Waals surface area contributed by atoms with Crippen molar-refractivity contribution in [3.63, 3.8) is 0 Å². The maximum atomic E-state index is 13.2. The van der Waals surface area contributed by atoms with E-state index in [9.17, 15) is 9.18 Å². The fourth-order valence-corrected chi connectivity index (χ4v) is 4.63. The van der Waals surface area contributed by atoms with Crippen molar-refractivity contribution in [3.05, 3.63) is 66.2 Å². The van der Waals surface area contributed by atoms with Crippen molar-refractivity contribution in [2.45, 2.75) is 31.5 Å². The smallest absolute Gasteiger partial charge is 0.248 e. The van der Waals surface area contributed by atoms with Gasteiger partial charge in [0.05, 0.1) is 18.3 Å². The van der Waals surface area contributed by atoms with E-state index in [1.807, 2.05) is 35.2 Å². The Morgan fingerprint density at radius 3 is 2.67 bits per heavy atom. The molecule has 6 nitrogen and oxygen atoms in total. The van der Waals surface area contributed by atoms with E-state index in [4.69, 9.17) is 4.74 Å². The summed E-state index contributed by atoms with van der Waals surface area (Å²) in [4.78, 5) is 25.5. The third-order valence-corrected chi connectivity index (χ3v) is 6.03. The van der Waals surface area contributed by atoms with Gasteiger partial charge in [-0.25, -0.2) is 9.37 Å². The average Bonchev–Trinajstić information content (AvgIpc) is 3.03. The van der Waals surface area contributed by atoms with Crippen LogP contribution in [0.1, 0.15) is 18.4 Å². The van der Waals surface area contributed by atoms with Crippen molar-refractivity contribution in [1.29, 1.82) is 0 Å². The van der Waals surface area contributed by atoms with Crippen molar-refractivity contribution < 1.29 is 13.9 Å². The molecule has 2 aliphatic rings. The Kier molecular flexibility index (Phi) is 5.04. The number of pyridine rings is 2. The molecule has 2 aromatic heterocycles. The molecule has 154 valence electrons. The molecule has 0 N–H and O–H groups in total. The highest BCUT2D eigenvalue weighted by molar-refractivity contribution is 5.82. The summed E-state index contributed by atoms with van der Waals surface area (Å²) in [6, 6.07) is 13.4. The Morgan fingerprint density at radius 1 is 1.07 bits per heavy atom. The van der Waals surface area contributed by atoms with E-state index < -0.39 is 0 Å². The molecule has 2 aliphatic heterocycles. The average molecular weight is 406 g/mol. The minimum Gasteiger partial charge on any atom is -0.367 e. The van der Waals surface area contributed by atoms with Crippen LogP contribution in [0.15, 0.2) is 54.9 Å². The van der Waals surface area contributed by atoms with E-state index in [0.717, 1.165) is 35.1 Å². The van der Waals surface area contributed by atoms with E-state index in [2.05, 4.69) is 14.9 Å². The number of piperazine rings is 1. The summed E-state index contributed by atoms with van der Waals surface area (Å²) in [7, 11) is 0. The lowest BCUT2D eigenvalue weighted by molar-refractivity contribution is -0.137. The summed E-state index contributed by atoms with van der Waals surface area (Å²) in [5, 5.41) is 1.05. The van der Waals surface area contributed by atoms with Crippen LogP contribution in [-0.4, -0.2) is 52.6 Å². The third-order valence-electron chi connectivity index (χ3n) is 6.03. The first-order chi connectivity index (χ1) is 14.7. The monoisotopic (exact) mass is 406 g/mol. The van der Waals surface area contributed by atoms with Crippen LogP contribution in [0, 0.1) is 5.82 Å².